The Morgan fingerprint density at radius 3 is 2.55 bits per heavy atom. The van der Waals surface area contributed by atoms with E-state index in [1.54, 1.807) is 12.1 Å². The van der Waals surface area contributed by atoms with Crippen molar-refractivity contribution in [3.63, 3.8) is 0 Å². The summed E-state index contributed by atoms with van der Waals surface area (Å²) in [7, 11) is 0. The molecule has 5 nitrogen and oxygen atoms in total. The third-order valence-corrected chi connectivity index (χ3v) is 4.92. The van der Waals surface area contributed by atoms with Crippen molar-refractivity contribution in [3.8, 4) is 11.1 Å². The summed E-state index contributed by atoms with van der Waals surface area (Å²) >= 11 is 17.1. The lowest BCUT2D eigenvalue weighted by Gasteiger charge is -2.12. The largest absolute Gasteiger partial charge is 0.391 e. The number of aromatic nitrogens is 1. The van der Waals surface area contributed by atoms with Crippen molar-refractivity contribution >= 4 is 52.1 Å². The van der Waals surface area contributed by atoms with Crippen molar-refractivity contribution in [1.29, 1.82) is 0 Å². The van der Waals surface area contributed by atoms with E-state index in [-0.39, 0.29) is 22.2 Å². The van der Waals surface area contributed by atoms with Crippen LogP contribution in [0.2, 0.25) is 5.15 Å². The highest BCUT2D eigenvalue weighted by Crippen LogP contribution is 2.29. The molecule has 1 amide bonds. The molecule has 0 bridgehead atoms. The maximum Gasteiger partial charge on any atom is 0.258 e. The smallest absolute Gasteiger partial charge is 0.258 e. The molecule has 2 aromatic carbocycles. The Labute approximate surface area is 195 Å². The fourth-order valence-corrected chi connectivity index (χ4v) is 3.10. The Kier molecular flexibility index (Phi) is 8.06. The second kappa shape index (κ2) is 11.0. The summed E-state index contributed by atoms with van der Waals surface area (Å²) in [5, 5.41) is 7.11. The molecule has 0 aliphatic carbocycles. The second-order valence-corrected chi connectivity index (χ2v) is 7.75. The van der Waals surface area contributed by atoms with E-state index >= 15 is 0 Å². The topological polar surface area (TPSA) is 63.6 Å². The van der Waals surface area contributed by atoms with E-state index in [0.29, 0.717) is 17.0 Å². The number of nitrogens with one attached hydrogen (secondary N) is 1. The number of carbonyl (C=O) groups is 1. The van der Waals surface area contributed by atoms with Crippen LogP contribution < -0.4 is 5.32 Å². The monoisotopic (exact) mass is 473 g/mol. The van der Waals surface area contributed by atoms with Gasteiger partial charge in [0, 0.05) is 17.4 Å². The molecule has 0 atom stereocenters. The fraction of sp³-hybridized carbons (Fsp3) is 0.0870. The van der Waals surface area contributed by atoms with Gasteiger partial charge in [-0.25, -0.2) is 4.98 Å². The Bertz CT molecular complexity index is 1120. The third-order valence-electron chi connectivity index (χ3n) is 4.31. The fourth-order valence-electron chi connectivity index (χ4n) is 2.77. The minimum Gasteiger partial charge on any atom is -0.391 e. The van der Waals surface area contributed by atoms with Gasteiger partial charge < -0.3 is 10.2 Å². The molecule has 158 valence electrons. The quantitative estimate of drug-likeness (QED) is 0.179. The normalized spacial score (nSPS) is 11.0. The number of para-hydroxylation sites is 1. The molecule has 3 rings (SSSR count). The summed E-state index contributed by atoms with van der Waals surface area (Å²) in [5.74, 6) is -0.326. The predicted molar refractivity (Wildman–Crippen MR) is 127 cm³/mol. The van der Waals surface area contributed by atoms with Crippen molar-refractivity contribution in [2.24, 2.45) is 5.16 Å². The van der Waals surface area contributed by atoms with Crippen molar-refractivity contribution in [2.45, 2.75) is 6.92 Å². The zero-order chi connectivity index (χ0) is 22.2. The molecule has 0 radical (unpaired) electrons. The highest BCUT2D eigenvalue weighted by atomic mass is 35.5. The average Bonchev–Trinajstić information content (AvgIpc) is 2.77. The summed E-state index contributed by atoms with van der Waals surface area (Å²) in [4.78, 5) is 21.8. The number of anilines is 1. The van der Waals surface area contributed by atoms with Crippen LogP contribution in [0.3, 0.4) is 0 Å². The van der Waals surface area contributed by atoms with Gasteiger partial charge in [0.25, 0.3) is 5.91 Å². The van der Waals surface area contributed by atoms with E-state index in [9.17, 15) is 4.79 Å². The van der Waals surface area contributed by atoms with E-state index in [1.165, 1.54) is 12.3 Å². The number of halogens is 3. The van der Waals surface area contributed by atoms with Gasteiger partial charge in [-0.2, -0.15) is 0 Å². The molecule has 0 aliphatic heterocycles. The van der Waals surface area contributed by atoms with Crippen LogP contribution in [0.15, 0.2) is 82.6 Å². The van der Waals surface area contributed by atoms with Crippen LogP contribution in [0, 0.1) is 0 Å². The Balaban J connectivity index is 1.78. The first-order valence-corrected chi connectivity index (χ1v) is 10.4. The first kappa shape index (κ1) is 22.8. The Hall–Kier alpha value is -2.86. The van der Waals surface area contributed by atoms with Gasteiger partial charge in [-0.05, 0) is 42.3 Å². The number of rotatable bonds is 7. The van der Waals surface area contributed by atoms with E-state index in [4.69, 9.17) is 39.6 Å². The molecular formula is C23H18Cl3N3O2. The van der Waals surface area contributed by atoms with E-state index in [1.807, 2.05) is 55.5 Å². The van der Waals surface area contributed by atoms with Crippen molar-refractivity contribution in [2.75, 3.05) is 11.9 Å². The standard InChI is InChI=1S/C23H18Cl3N3O2/c1-15(29-31-14-12-21(24)25)16-8-10-17(11-9-16)18-5-2-3-7-20(18)28-23(30)19-6-4-13-27-22(19)26/h2-13H,14H2,1H3,(H,28,30). The van der Waals surface area contributed by atoms with Crippen LogP contribution in [0.4, 0.5) is 5.69 Å². The molecule has 1 heterocycles. The molecule has 1 aromatic heterocycles. The lowest BCUT2D eigenvalue weighted by atomic mass is 10.0. The lowest BCUT2D eigenvalue weighted by Crippen LogP contribution is -2.13. The SMILES string of the molecule is CC(=NOCC=C(Cl)Cl)c1ccc(-c2ccccc2NC(=O)c2cccnc2Cl)cc1. The van der Waals surface area contributed by atoms with Gasteiger partial charge in [0.15, 0.2) is 0 Å². The molecule has 1 N–H and O–H groups in total. The van der Waals surface area contributed by atoms with Gasteiger partial charge in [0.1, 0.15) is 16.3 Å². The first-order valence-electron chi connectivity index (χ1n) is 9.25. The van der Waals surface area contributed by atoms with Gasteiger partial charge >= 0.3 is 0 Å². The number of pyridine rings is 1. The molecular weight excluding hydrogens is 457 g/mol. The highest BCUT2D eigenvalue weighted by molar-refractivity contribution is 6.55. The zero-order valence-corrected chi connectivity index (χ0v) is 18.7. The first-order chi connectivity index (χ1) is 15.0. The van der Waals surface area contributed by atoms with Gasteiger partial charge in [0.2, 0.25) is 0 Å². The van der Waals surface area contributed by atoms with Crippen LogP contribution >= 0.6 is 34.8 Å². The summed E-state index contributed by atoms with van der Waals surface area (Å²) in [6, 6.07) is 18.6. The van der Waals surface area contributed by atoms with E-state index in [0.717, 1.165) is 16.7 Å². The van der Waals surface area contributed by atoms with Gasteiger partial charge in [0.05, 0.1) is 11.3 Å². The van der Waals surface area contributed by atoms with Crippen molar-refractivity contribution < 1.29 is 9.63 Å². The number of oxime groups is 1. The van der Waals surface area contributed by atoms with Crippen molar-refractivity contribution in [3.05, 3.63) is 93.7 Å². The maximum absolute atomic E-state index is 12.6. The summed E-state index contributed by atoms with van der Waals surface area (Å²) < 4.78 is 0.133. The van der Waals surface area contributed by atoms with Gasteiger partial charge in [-0.3, -0.25) is 4.79 Å². The lowest BCUT2D eigenvalue weighted by molar-refractivity contribution is 0.102. The van der Waals surface area contributed by atoms with E-state index in [2.05, 4.69) is 15.5 Å². The molecule has 8 heteroatoms. The van der Waals surface area contributed by atoms with Crippen LogP contribution in [0.1, 0.15) is 22.8 Å². The Morgan fingerprint density at radius 2 is 1.84 bits per heavy atom. The number of benzene rings is 2. The Morgan fingerprint density at radius 1 is 1.10 bits per heavy atom. The molecule has 0 saturated carbocycles. The number of amides is 1. The molecule has 0 spiro atoms. The molecule has 0 unspecified atom stereocenters. The minimum absolute atomic E-state index is 0.133. The molecule has 31 heavy (non-hydrogen) atoms. The van der Waals surface area contributed by atoms with Crippen LogP contribution in [-0.4, -0.2) is 23.2 Å². The van der Waals surface area contributed by atoms with Crippen LogP contribution in [0.25, 0.3) is 11.1 Å². The number of carbonyl (C=O) groups excluding carboxylic acids is 1. The van der Waals surface area contributed by atoms with Crippen LogP contribution in [0.5, 0.6) is 0 Å². The molecule has 0 saturated heterocycles. The summed E-state index contributed by atoms with van der Waals surface area (Å²) in [6.45, 7) is 2.03. The highest BCUT2D eigenvalue weighted by Gasteiger charge is 2.13. The van der Waals surface area contributed by atoms with Gasteiger partial charge in [-0.15, -0.1) is 0 Å². The number of hydrogen-bond acceptors (Lipinski definition) is 4. The zero-order valence-electron chi connectivity index (χ0n) is 16.5. The predicted octanol–water partition coefficient (Wildman–Crippen LogP) is 6.71. The van der Waals surface area contributed by atoms with Crippen molar-refractivity contribution in [1.82, 2.24) is 4.98 Å². The number of hydrogen-bond donors (Lipinski definition) is 1. The molecule has 3 aromatic rings. The van der Waals surface area contributed by atoms with E-state index < -0.39 is 0 Å². The molecule has 0 aliphatic rings. The second-order valence-electron chi connectivity index (χ2n) is 6.39. The minimum atomic E-state index is -0.326. The van der Waals surface area contributed by atoms with Gasteiger partial charge in [-0.1, -0.05) is 82.4 Å². The summed E-state index contributed by atoms with van der Waals surface area (Å²) in [6.07, 6.45) is 3.04. The van der Waals surface area contributed by atoms with Crippen LogP contribution in [-0.2, 0) is 4.84 Å². The summed E-state index contributed by atoms with van der Waals surface area (Å²) in [5.41, 5.74) is 4.38. The third kappa shape index (κ3) is 6.31. The average molecular weight is 475 g/mol. The maximum atomic E-state index is 12.6. The molecule has 0 fully saturated rings. The number of nitrogens with zero attached hydrogens (tertiary/aromatic N) is 2.